The first-order valence-corrected chi connectivity index (χ1v) is 6.78. The van der Waals surface area contributed by atoms with E-state index in [4.69, 9.17) is 5.11 Å². The molecule has 0 unspecified atom stereocenters. The van der Waals surface area contributed by atoms with Crippen LogP contribution >= 0.6 is 11.8 Å². The summed E-state index contributed by atoms with van der Waals surface area (Å²) in [5.74, 6) is -3.81. The molecule has 1 saturated carbocycles. The van der Waals surface area contributed by atoms with E-state index in [1.807, 2.05) is 4.57 Å². The molecule has 0 bridgehead atoms. The number of alkyl halides is 2. The summed E-state index contributed by atoms with van der Waals surface area (Å²) in [6.07, 6.45) is 3.75. The molecule has 19 heavy (non-hydrogen) atoms. The Hall–Kier alpha value is -1.22. The quantitative estimate of drug-likeness (QED) is 0.713. The van der Waals surface area contributed by atoms with E-state index in [1.54, 1.807) is 6.33 Å². The van der Waals surface area contributed by atoms with E-state index in [2.05, 4.69) is 15.5 Å². The number of nitrogens with one attached hydrogen (secondary N) is 1. The second-order valence-electron chi connectivity index (χ2n) is 4.33. The lowest BCUT2D eigenvalue weighted by Crippen LogP contribution is -2.39. The molecule has 0 atom stereocenters. The number of carbonyl (C=O) groups is 1. The number of hydrogen-bond donors (Lipinski definition) is 2. The Labute approximate surface area is 112 Å². The third-order valence-corrected chi connectivity index (χ3v) is 3.55. The van der Waals surface area contributed by atoms with Crippen molar-refractivity contribution in [3.63, 3.8) is 0 Å². The van der Waals surface area contributed by atoms with E-state index in [0.717, 1.165) is 24.6 Å². The van der Waals surface area contributed by atoms with Crippen molar-refractivity contribution in [3.05, 3.63) is 6.33 Å². The van der Waals surface area contributed by atoms with E-state index < -0.39 is 25.0 Å². The lowest BCUT2D eigenvalue weighted by molar-refractivity contribution is -0.121. The van der Waals surface area contributed by atoms with E-state index in [-0.39, 0.29) is 5.75 Å². The summed E-state index contributed by atoms with van der Waals surface area (Å²) in [6.45, 7) is -2.14. The van der Waals surface area contributed by atoms with E-state index in [1.165, 1.54) is 0 Å². The van der Waals surface area contributed by atoms with Crippen molar-refractivity contribution in [1.82, 2.24) is 20.1 Å². The first-order valence-electron chi connectivity index (χ1n) is 5.79. The summed E-state index contributed by atoms with van der Waals surface area (Å²) in [6, 6.07) is 0.402. The van der Waals surface area contributed by atoms with Crippen LogP contribution in [0.25, 0.3) is 0 Å². The van der Waals surface area contributed by atoms with Crippen LogP contribution in [0, 0.1) is 0 Å². The molecule has 0 saturated heterocycles. The van der Waals surface area contributed by atoms with Gasteiger partial charge in [-0.15, -0.1) is 10.2 Å². The van der Waals surface area contributed by atoms with Gasteiger partial charge in [0, 0.05) is 6.04 Å². The van der Waals surface area contributed by atoms with Crippen LogP contribution in [-0.4, -0.2) is 50.6 Å². The van der Waals surface area contributed by atoms with Crippen molar-refractivity contribution in [2.24, 2.45) is 0 Å². The molecular weight excluding hydrogens is 278 g/mol. The number of carbonyl (C=O) groups excluding carboxylic acids is 1. The Morgan fingerprint density at radius 2 is 2.37 bits per heavy atom. The average Bonchev–Trinajstić information content (AvgIpc) is 3.13. The molecule has 1 amide bonds. The molecule has 1 aromatic rings. The fourth-order valence-electron chi connectivity index (χ4n) is 1.40. The Balaban J connectivity index is 1.75. The normalized spacial score (nSPS) is 15.5. The SMILES string of the molecule is O=C(CSc1nncn1C1CC1)NCC(F)(F)CO. The van der Waals surface area contributed by atoms with Crippen molar-refractivity contribution in [2.75, 3.05) is 18.9 Å². The van der Waals surface area contributed by atoms with Gasteiger partial charge in [-0.2, -0.15) is 0 Å². The number of aromatic nitrogens is 3. The number of amides is 1. The highest BCUT2D eigenvalue weighted by Gasteiger charge is 2.29. The van der Waals surface area contributed by atoms with Crippen molar-refractivity contribution >= 4 is 17.7 Å². The molecule has 0 aliphatic heterocycles. The van der Waals surface area contributed by atoms with Crippen LogP contribution in [0.2, 0.25) is 0 Å². The summed E-state index contributed by atoms with van der Waals surface area (Å²) in [4.78, 5) is 11.4. The van der Waals surface area contributed by atoms with Gasteiger partial charge in [0.15, 0.2) is 5.16 Å². The number of aliphatic hydroxyl groups excluding tert-OH is 1. The van der Waals surface area contributed by atoms with Crippen molar-refractivity contribution in [1.29, 1.82) is 0 Å². The maximum Gasteiger partial charge on any atom is 0.287 e. The van der Waals surface area contributed by atoms with Crippen LogP contribution in [-0.2, 0) is 4.79 Å². The number of hydrogen-bond acceptors (Lipinski definition) is 5. The van der Waals surface area contributed by atoms with Gasteiger partial charge in [0.2, 0.25) is 5.91 Å². The highest BCUT2D eigenvalue weighted by molar-refractivity contribution is 7.99. The second-order valence-corrected chi connectivity index (χ2v) is 5.27. The number of rotatable bonds is 7. The van der Waals surface area contributed by atoms with Gasteiger partial charge >= 0.3 is 0 Å². The highest BCUT2D eigenvalue weighted by Crippen LogP contribution is 2.37. The highest BCUT2D eigenvalue weighted by atomic mass is 32.2. The summed E-state index contributed by atoms with van der Waals surface area (Å²) < 4.78 is 27.3. The predicted octanol–water partition coefficient (Wildman–Crippen LogP) is 0.449. The predicted molar refractivity (Wildman–Crippen MR) is 64.1 cm³/mol. The Kier molecular flexibility index (Phi) is 4.35. The smallest absolute Gasteiger partial charge is 0.287 e. The molecule has 6 nitrogen and oxygen atoms in total. The molecule has 1 aliphatic carbocycles. The standard InChI is InChI=1S/C10H14F2N4O2S/c11-10(12,5-17)4-13-8(18)3-19-9-15-14-6-16(9)7-1-2-7/h6-7,17H,1-5H2,(H,13,18). The zero-order valence-corrected chi connectivity index (χ0v) is 10.9. The van der Waals surface area contributed by atoms with E-state index in [9.17, 15) is 13.6 Å². The minimum absolute atomic E-state index is 0.00702. The zero-order chi connectivity index (χ0) is 13.9. The lowest BCUT2D eigenvalue weighted by atomic mass is 10.3. The largest absolute Gasteiger partial charge is 0.390 e. The molecular formula is C10H14F2N4O2S. The van der Waals surface area contributed by atoms with Crippen LogP contribution < -0.4 is 5.32 Å². The van der Waals surface area contributed by atoms with Gasteiger partial charge in [0.1, 0.15) is 12.9 Å². The summed E-state index contributed by atoms with van der Waals surface area (Å²) in [5, 5.41) is 18.7. The molecule has 1 aliphatic rings. The van der Waals surface area contributed by atoms with Crippen LogP contribution in [0.5, 0.6) is 0 Å². The van der Waals surface area contributed by atoms with Gasteiger partial charge in [0.05, 0.1) is 12.3 Å². The topological polar surface area (TPSA) is 80.0 Å². The first kappa shape index (κ1) is 14.2. The molecule has 106 valence electrons. The maximum atomic E-state index is 12.7. The third-order valence-electron chi connectivity index (χ3n) is 2.59. The van der Waals surface area contributed by atoms with Crippen LogP contribution in [0.1, 0.15) is 18.9 Å². The Morgan fingerprint density at radius 3 is 3.00 bits per heavy atom. The monoisotopic (exact) mass is 292 g/mol. The molecule has 1 heterocycles. The van der Waals surface area contributed by atoms with Gasteiger partial charge in [-0.1, -0.05) is 11.8 Å². The first-order chi connectivity index (χ1) is 9.02. The minimum Gasteiger partial charge on any atom is -0.390 e. The molecule has 2 rings (SSSR count). The number of aliphatic hydroxyl groups is 1. The lowest BCUT2D eigenvalue weighted by Gasteiger charge is -2.13. The van der Waals surface area contributed by atoms with Crippen LogP contribution in [0.4, 0.5) is 8.78 Å². The average molecular weight is 292 g/mol. The third kappa shape index (κ3) is 4.13. The van der Waals surface area contributed by atoms with Crippen molar-refractivity contribution < 1.29 is 18.7 Å². The van der Waals surface area contributed by atoms with Crippen LogP contribution in [0.15, 0.2) is 11.5 Å². The molecule has 1 fully saturated rings. The number of nitrogens with zero attached hydrogens (tertiary/aromatic N) is 3. The minimum atomic E-state index is -3.28. The fourth-order valence-corrected chi connectivity index (χ4v) is 2.22. The van der Waals surface area contributed by atoms with Gasteiger partial charge < -0.3 is 15.0 Å². The van der Waals surface area contributed by atoms with Gasteiger partial charge in [0.25, 0.3) is 5.92 Å². The molecule has 0 aromatic carbocycles. The van der Waals surface area contributed by atoms with Gasteiger partial charge in [-0.3, -0.25) is 4.79 Å². The maximum absolute atomic E-state index is 12.7. The summed E-state index contributed by atoms with van der Waals surface area (Å²) >= 11 is 1.16. The van der Waals surface area contributed by atoms with Gasteiger partial charge in [-0.05, 0) is 12.8 Å². The molecule has 0 spiro atoms. The van der Waals surface area contributed by atoms with Gasteiger partial charge in [-0.25, -0.2) is 8.78 Å². The summed E-state index contributed by atoms with van der Waals surface area (Å²) in [7, 11) is 0. The Bertz CT molecular complexity index is 450. The molecule has 9 heteroatoms. The van der Waals surface area contributed by atoms with E-state index in [0.29, 0.717) is 11.2 Å². The van der Waals surface area contributed by atoms with Crippen molar-refractivity contribution in [2.45, 2.75) is 30.0 Å². The van der Waals surface area contributed by atoms with Crippen LogP contribution in [0.3, 0.4) is 0 Å². The Morgan fingerprint density at radius 1 is 1.63 bits per heavy atom. The van der Waals surface area contributed by atoms with Crippen molar-refractivity contribution in [3.8, 4) is 0 Å². The number of thioether (sulfide) groups is 1. The summed E-state index contributed by atoms with van der Waals surface area (Å²) in [5.41, 5.74) is 0. The number of halogens is 2. The molecule has 1 aromatic heterocycles. The fraction of sp³-hybridized carbons (Fsp3) is 0.700. The molecule has 2 N–H and O–H groups in total. The zero-order valence-electron chi connectivity index (χ0n) is 10.1. The van der Waals surface area contributed by atoms with E-state index >= 15 is 0 Å². The second kappa shape index (κ2) is 5.83. The molecule has 0 radical (unpaired) electrons.